The molecular weight excluding hydrogens is 1180 g/mol. The minimum Gasteiger partial charge on any atom is -0.493 e. The molecule has 12 nitrogen and oxygen atoms in total. The number of benzene rings is 6. The molecule has 0 N–H and O–H groups in total. The molecule has 0 aromatic heterocycles. The minimum atomic E-state index is -5.13. The van der Waals surface area contributed by atoms with Crippen LogP contribution >= 0.6 is 0 Å². The molecule has 440 valence electrons. The fourth-order valence-electron chi connectivity index (χ4n) is 9.51. The molecule has 2 atom stereocenters. The molecule has 0 saturated carbocycles. The van der Waals surface area contributed by atoms with E-state index in [9.17, 15) is 87.1 Å². The Hall–Kier alpha value is -7.18. The maximum absolute atomic E-state index is 14.0. The van der Waals surface area contributed by atoms with Gasteiger partial charge in [-0.15, -0.1) is 0 Å². The van der Waals surface area contributed by atoms with Gasteiger partial charge in [0.25, 0.3) is 0 Å². The molecule has 0 unspecified atom stereocenters. The van der Waals surface area contributed by atoms with Crippen molar-refractivity contribution in [3.63, 3.8) is 0 Å². The SMILES string of the molecule is O=S(=O)(Oc1c(F)c(F)c(F)c(F)c1F)c1ccc2c(c1)OCC[C@@H]2c1ccc(C(F)(F)F)cc1N1CCOCC1.O=S(=O)(Oc1c(F)c(F)c(F)c(F)c1F)c1ccc2c(c1)OCC[C@H]2c1ccc(C(F)(F)F)cc1N1CCOCC1. The maximum atomic E-state index is 14.0. The number of anilines is 2. The Morgan fingerprint density at radius 1 is 0.402 bits per heavy atom. The molecule has 4 heterocycles. The van der Waals surface area contributed by atoms with Crippen molar-refractivity contribution in [3.05, 3.63) is 164 Å². The van der Waals surface area contributed by atoms with E-state index in [4.69, 9.17) is 18.9 Å². The first-order chi connectivity index (χ1) is 38.6. The highest BCUT2D eigenvalue weighted by Crippen LogP contribution is 2.47. The molecular formula is C52H38F16N2O10S2. The summed E-state index contributed by atoms with van der Waals surface area (Å²) in [7, 11) is -10.3. The van der Waals surface area contributed by atoms with Gasteiger partial charge < -0.3 is 37.1 Å². The van der Waals surface area contributed by atoms with Gasteiger partial charge >= 0.3 is 32.6 Å². The lowest BCUT2D eigenvalue weighted by Crippen LogP contribution is -2.37. The average Bonchev–Trinajstić information content (AvgIpc) is 3.62. The number of hydrogen-bond acceptors (Lipinski definition) is 12. The number of rotatable bonds is 10. The molecule has 2 fully saturated rings. The number of hydrogen-bond donors (Lipinski definition) is 0. The van der Waals surface area contributed by atoms with E-state index >= 15 is 0 Å². The predicted molar refractivity (Wildman–Crippen MR) is 254 cm³/mol. The molecule has 0 amide bonds. The lowest BCUT2D eigenvalue weighted by molar-refractivity contribution is -0.138. The van der Waals surface area contributed by atoms with Gasteiger partial charge in [0.15, 0.2) is 0 Å². The second-order valence-electron chi connectivity index (χ2n) is 18.4. The molecule has 4 aliphatic rings. The van der Waals surface area contributed by atoms with Gasteiger partial charge in [0.1, 0.15) is 21.3 Å². The van der Waals surface area contributed by atoms with Crippen LogP contribution in [0.4, 0.5) is 81.6 Å². The van der Waals surface area contributed by atoms with Crippen molar-refractivity contribution in [2.24, 2.45) is 0 Å². The molecule has 10 rings (SSSR count). The van der Waals surface area contributed by atoms with Crippen LogP contribution in [-0.4, -0.2) is 82.7 Å². The van der Waals surface area contributed by atoms with Gasteiger partial charge in [-0.2, -0.15) is 60.7 Å². The first-order valence-electron chi connectivity index (χ1n) is 24.1. The van der Waals surface area contributed by atoms with Crippen LogP contribution in [0.5, 0.6) is 23.0 Å². The topological polar surface area (TPSA) is 130 Å². The second kappa shape index (κ2) is 22.9. The molecule has 0 aliphatic carbocycles. The van der Waals surface area contributed by atoms with Crippen LogP contribution < -0.4 is 27.6 Å². The van der Waals surface area contributed by atoms with Crippen molar-refractivity contribution in [1.82, 2.24) is 0 Å². The number of ether oxygens (including phenoxy) is 4. The van der Waals surface area contributed by atoms with Crippen molar-refractivity contribution in [2.45, 2.75) is 46.8 Å². The van der Waals surface area contributed by atoms with Crippen molar-refractivity contribution in [2.75, 3.05) is 75.6 Å². The van der Waals surface area contributed by atoms with Crippen LogP contribution in [0, 0.1) is 58.2 Å². The Balaban J connectivity index is 0.000000198. The number of morpholine rings is 2. The third kappa shape index (κ3) is 11.7. The van der Waals surface area contributed by atoms with E-state index in [0.717, 1.165) is 48.5 Å². The summed E-state index contributed by atoms with van der Waals surface area (Å²) in [6.07, 6.45) is -8.54. The van der Waals surface area contributed by atoms with Gasteiger partial charge in [0, 0.05) is 72.6 Å². The summed E-state index contributed by atoms with van der Waals surface area (Å²) >= 11 is 0. The highest BCUT2D eigenvalue weighted by molar-refractivity contribution is 7.87. The molecule has 30 heteroatoms. The lowest BCUT2D eigenvalue weighted by Gasteiger charge is -2.34. The summed E-state index contributed by atoms with van der Waals surface area (Å²) in [5, 5.41) is 0. The number of halogens is 16. The highest BCUT2D eigenvalue weighted by Gasteiger charge is 2.39. The fourth-order valence-corrected chi connectivity index (χ4v) is 11.4. The third-order valence-corrected chi connectivity index (χ3v) is 16.0. The van der Waals surface area contributed by atoms with E-state index in [2.05, 4.69) is 8.37 Å². The summed E-state index contributed by atoms with van der Waals surface area (Å²) in [5.41, 5.74) is 0.819. The zero-order chi connectivity index (χ0) is 59.4. The normalized spacial score (nSPS) is 17.7. The number of alkyl halides is 6. The fraction of sp³-hybridized carbons (Fsp3) is 0.308. The van der Waals surface area contributed by atoms with Crippen LogP contribution in [-0.2, 0) is 42.1 Å². The molecule has 0 radical (unpaired) electrons. The Morgan fingerprint density at radius 2 is 0.707 bits per heavy atom. The van der Waals surface area contributed by atoms with E-state index in [-0.39, 0.29) is 24.7 Å². The number of nitrogens with zero attached hydrogens (tertiary/aromatic N) is 2. The van der Waals surface area contributed by atoms with Crippen molar-refractivity contribution < 1.29 is 114 Å². The van der Waals surface area contributed by atoms with Crippen LogP contribution in [0.25, 0.3) is 0 Å². The van der Waals surface area contributed by atoms with Gasteiger partial charge in [-0.05, 0) is 60.4 Å². The molecule has 6 aromatic rings. The molecule has 0 spiro atoms. The van der Waals surface area contributed by atoms with Gasteiger partial charge in [-0.3, -0.25) is 0 Å². The quantitative estimate of drug-likeness (QED) is 0.0560. The van der Waals surface area contributed by atoms with Gasteiger partial charge in [0.05, 0.1) is 50.8 Å². The van der Waals surface area contributed by atoms with Crippen LogP contribution in [0.15, 0.2) is 82.6 Å². The second-order valence-corrected chi connectivity index (χ2v) is 21.5. The first kappa shape index (κ1) is 59.4. The van der Waals surface area contributed by atoms with Crippen LogP contribution in [0.1, 0.15) is 58.1 Å². The van der Waals surface area contributed by atoms with Gasteiger partial charge in [-0.25, -0.2) is 26.3 Å². The predicted octanol–water partition coefficient (Wildman–Crippen LogP) is 11.8. The molecule has 6 aromatic carbocycles. The molecule has 2 saturated heterocycles. The Morgan fingerprint density at radius 3 is 1.02 bits per heavy atom. The summed E-state index contributed by atoms with van der Waals surface area (Å²) in [5.74, 6) is -29.5. The zero-order valence-corrected chi connectivity index (χ0v) is 43.0. The summed E-state index contributed by atoms with van der Waals surface area (Å²) in [4.78, 5) is 2.09. The maximum Gasteiger partial charge on any atom is 0.416 e. The van der Waals surface area contributed by atoms with Crippen molar-refractivity contribution in [3.8, 4) is 23.0 Å². The third-order valence-electron chi connectivity index (χ3n) is 13.5. The monoisotopic (exact) mass is 1220 g/mol. The standard InChI is InChI=1S/2C26H19F8NO5S/c2*27-20-21(28)23(30)25(24(31)22(20)29)40-41(36,37)14-2-4-17-15(5-8-39-19(17)12-14)16-3-1-13(26(32,33)34)11-18(16)35-6-9-38-10-7-35/h2*1-4,11-12,15H,5-10H2/t2*15-/m10/s1. The van der Waals surface area contributed by atoms with E-state index < -0.39 is 135 Å². The van der Waals surface area contributed by atoms with Crippen LogP contribution in [0.2, 0.25) is 0 Å². The highest BCUT2D eigenvalue weighted by atomic mass is 32.2. The summed E-state index contributed by atoms with van der Waals surface area (Å²) < 4.78 is 300. The smallest absolute Gasteiger partial charge is 0.416 e. The number of fused-ring (bicyclic) bond motifs is 2. The molecule has 4 aliphatic heterocycles. The Kier molecular flexibility index (Phi) is 16.6. The first-order valence-corrected chi connectivity index (χ1v) is 26.9. The molecule has 82 heavy (non-hydrogen) atoms. The Labute approximate surface area is 454 Å². The van der Waals surface area contributed by atoms with Gasteiger partial charge in [0.2, 0.25) is 69.7 Å². The van der Waals surface area contributed by atoms with E-state index in [1.807, 2.05) is 0 Å². The summed E-state index contributed by atoms with van der Waals surface area (Å²) in [6.45, 7) is 2.68. The van der Waals surface area contributed by atoms with E-state index in [1.165, 1.54) is 24.3 Å². The van der Waals surface area contributed by atoms with Crippen molar-refractivity contribution >= 4 is 31.6 Å². The van der Waals surface area contributed by atoms with Crippen molar-refractivity contribution in [1.29, 1.82) is 0 Å². The Bertz CT molecular complexity index is 3390. The summed E-state index contributed by atoms with van der Waals surface area (Å²) in [6, 6.07) is 13.1. The van der Waals surface area contributed by atoms with E-state index in [1.54, 1.807) is 9.80 Å². The lowest BCUT2D eigenvalue weighted by atomic mass is 9.85. The minimum absolute atomic E-state index is 0.0174. The van der Waals surface area contributed by atoms with Crippen LogP contribution in [0.3, 0.4) is 0 Å². The largest absolute Gasteiger partial charge is 0.493 e. The van der Waals surface area contributed by atoms with E-state index in [0.29, 0.717) is 99.1 Å². The zero-order valence-electron chi connectivity index (χ0n) is 41.4. The van der Waals surface area contributed by atoms with Gasteiger partial charge in [-0.1, -0.05) is 24.3 Å². The average molecular weight is 1220 g/mol. The molecule has 0 bridgehead atoms.